The zero-order chi connectivity index (χ0) is 11.3. The van der Waals surface area contributed by atoms with Gasteiger partial charge in [0, 0.05) is 32.0 Å². The third-order valence-electron chi connectivity index (χ3n) is 2.88. The number of carbonyl (C=O) groups excluding carboxylic acids is 1. The highest BCUT2D eigenvalue weighted by Gasteiger charge is 2.22. The zero-order valence-corrected chi connectivity index (χ0v) is 11.3. The van der Waals surface area contributed by atoms with Gasteiger partial charge in [-0.2, -0.15) is 0 Å². The number of nitrogens with zero attached hydrogens (tertiary/aromatic N) is 2. The topological polar surface area (TPSA) is 23.6 Å². The average molecular weight is 277 g/mol. The Morgan fingerprint density at radius 2 is 2.33 bits per heavy atom. The lowest BCUT2D eigenvalue weighted by molar-refractivity contribution is 0.139. The molecule has 1 fully saturated rings. The van der Waals surface area contributed by atoms with Crippen LogP contribution >= 0.6 is 15.9 Å². The molecule has 0 spiro atoms. The second-order valence-electron chi connectivity index (χ2n) is 4.44. The number of likely N-dealkylation sites (tertiary alicyclic amines) is 1. The fourth-order valence-electron chi connectivity index (χ4n) is 2.00. The summed E-state index contributed by atoms with van der Waals surface area (Å²) in [4.78, 5) is 15.8. The van der Waals surface area contributed by atoms with Crippen LogP contribution in [0.25, 0.3) is 0 Å². The second-order valence-corrected chi connectivity index (χ2v) is 5.23. The minimum Gasteiger partial charge on any atom is -0.328 e. The van der Waals surface area contributed by atoms with Gasteiger partial charge in [0.2, 0.25) is 0 Å². The normalized spacial score (nSPS) is 21.5. The van der Waals surface area contributed by atoms with Crippen molar-refractivity contribution < 1.29 is 4.79 Å². The molecule has 0 aromatic heterocycles. The van der Waals surface area contributed by atoms with E-state index < -0.39 is 0 Å². The first-order valence-corrected chi connectivity index (χ1v) is 6.83. The number of rotatable bonds is 3. The highest BCUT2D eigenvalue weighted by molar-refractivity contribution is 9.09. The molecular formula is C11H21BrN2O. The summed E-state index contributed by atoms with van der Waals surface area (Å²) in [5, 5.41) is 0.959. The minimum absolute atomic E-state index is 0.197. The molecule has 1 aliphatic rings. The van der Waals surface area contributed by atoms with E-state index in [9.17, 15) is 4.79 Å². The molecule has 1 heterocycles. The van der Waals surface area contributed by atoms with Gasteiger partial charge in [-0.05, 0) is 25.2 Å². The molecule has 0 saturated carbocycles. The molecule has 1 atom stereocenters. The van der Waals surface area contributed by atoms with E-state index in [0.717, 1.165) is 37.8 Å². The number of urea groups is 1. The first kappa shape index (κ1) is 12.8. The highest BCUT2D eigenvalue weighted by Crippen LogP contribution is 2.16. The van der Waals surface area contributed by atoms with Gasteiger partial charge < -0.3 is 9.80 Å². The SMILES string of the molecule is CC1CCCN(C(=O)N(C)CCCBr)C1. The van der Waals surface area contributed by atoms with Crippen molar-refractivity contribution in [3.63, 3.8) is 0 Å². The van der Waals surface area contributed by atoms with Crippen molar-refractivity contribution in [1.29, 1.82) is 0 Å². The molecule has 0 radical (unpaired) electrons. The van der Waals surface area contributed by atoms with Crippen LogP contribution in [0.1, 0.15) is 26.2 Å². The van der Waals surface area contributed by atoms with Gasteiger partial charge >= 0.3 is 6.03 Å². The predicted octanol–water partition coefficient (Wildman–Crippen LogP) is 2.56. The standard InChI is InChI=1S/C11H21BrN2O/c1-10-5-3-8-14(9-10)11(15)13(2)7-4-6-12/h10H,3-9H2,1-2H3. The van der Waals surface area contributed by atoms with Crippen molar-refractivity contribution in [3.8, 4) is 0 Å². The van der Waals surface area contributed by atoms with Crippen LogP contribution in [0.5, 0.6) is 0 Å². The maximum Gasteiger partial charge on any atom is 0.319 e. The van der Waals surface area contributed by atoms with Crippen LogP contribution in [0.15, 0.2) is 0 Å². The van der Waals surface area contributed by atoms with Crippen molar-refractivity contribution in [2.24, 2.45) is 5.92 Å². The Morgan fingerprint density at radius 1 is 1.60 bits per heavy atom. The van der Waals surface area contributed by atoms with Crippen molar-refractivity contribution >= 4 is 22.0 Å². The van der Waals surface area contributed by atoms with Gasteiger partial charge in [-0.1, -0.05) is 22.9 Å². The molecule has 1 rings (SSSR count). The second kappa shape index (κ2) is 6.36. The summed E-state index contributed by atoms with van der Waals surface area (Å²) in [6, 6.07) is 0.197. The number of alkyl halides is 1. The third-order valence-corrected chi connectivity index (χ3v) is 3.44. The summed E-state index contributed by atoms with van der Waals surface area (Å²) in [6.45, 7) is 4.92. The number of hydrogen-bond donors (Lipinski definition) is 0. The van der Waals surface area contributed by atoms with E-state index in [0.29, 0.717) is 5.92 Å². The summed E-state index contributed by atoms with van der Waals surface area (Å²) in [5.74, 6) is 0.660. The lowest BCUT2D eigenvalue weighted by atomic mass is 10.0. The van der Waals surface area contributed by atoms with Gasteiger partial charge in [-0.25, -0.2) is 4.79 Å². The first-order valence-electron chi connectivity index (χ1n) is 5.71. The molecule has 4 heteroatoms. The van der Waals surface area contributed by atoms with Crippen LogP contribution < -0.4 is 0 Å². The number of carbonyl (C=O) groups is 1. The summed E-state index contributed by atoms with van der Waals surface area (Å²) in [5.41, 5.74) is 0. The van der Waals surface area contributed by atoms with Crippen molar-refractivity contribution in [2.75, 3.05) is 32.0 Å². The Hall–Kier alpha value is -0.250. The summed E-state index contributed by atoms with van der Waals surface area (Å²) in [6.07, 6.45) is 3.43. The van der Waals surface area contributed by atoms with Gasteiger partial charge in [-0.3, -0.25) is 0 Å². The summed E-state index contributed by atoms with van der Waals surface area (Å²) < 4.78 is 0. The molecular weight excluding hydrogens is 256 g/mol. The molecule has 1 saturated heterocycles. The number of amides is 2. The summed E-state index contributed by atoms with van der Waals surface area (Å²) >= 11 is 3.38. The lowest BCUT2D eigenvalue weighted by Gasteiger charge is -2.34. The zero-order valence-electron chi connectivity index (χ0n) is 9.71. The Bertz CT molecular complexity index is 211. The van der Waals surface area contributed by atoms with Crippen LogP contribution in [-0.2, 0) is 0 Å². The number of piperidine rings is 1. The van der Waals surface area contributed by atoms with Crippen molar-refractivity contribution in [2.45, 2.75) is 26.2 Å². The smallest absolute Gasteiger partial charge is 0.319 e. The van der Waals surface area contributed by atoms with E-state index in [1.807, 2.05) is 16.8 Å². The molecule has 0 N–H and O–H groups in total. The van der Waals surface area contributed by atoms with Crippen molar-refractivity contribution in [1.82, 2.24) is 9.80 Å². The highest BCUT2D eigenvalue weighted by atomic mass is 79.9. The van der Waals surface area contributed by atoms with E-state index in [1.54, 1.807) is 0 Å². The van der Waals surface area contributed by atoms with Crippen LogP contribution in [0, 0.1) is 5.92 Å². The Labute approximate surface area is 101 Å². The molecule has 3 nitrogen and oxygen atoms in total. The van der Waals surface area contributed by atoms with Crippen molar-refractivity contribution in [3.05, 3.63) is 0 Å². The lowest BCUT2D eigenvalue weighted by Crippen LogP contribution is -2.46. The molecule has 0 bridgehead atoms. The molecule has 1 unspecified atom stereocenters. The van der Waals surface area contributed by atoms with E-state index in [1.165, 1.54) is 6.42 Å². The molecule has 15 heavy (non-hydrogen) atoms. The Kier molecular flexibility index (Phi) is 5.43. The molecule has 0 aliphatic carbocycles. The summed E-state index contributed by atoms with van der Waals surface area (Å²) in [7, 11) is 1.89. The van der Waals surface area contributed by atoms with E-state index >= 15 is 0 Å². The first-order chi connectivity index (χ1) is 7.15. The molecule has 88 valence electrons. The fourth-order valence-corrected chi connectivity index (χ4v) is 2.25. The van der Waals surface area contributed by atoms with Gasteiger partial charge in [0.25, 0.3) is 0 Å². The maximum absolute atomic E-state index is 12.0. The van der Waals surface area contributed by atoms with Gasteiger partial charge in [0.05, 0.1) is 0 Å². The predicted molar refractivity (Wildman–Crippen MR) is 66.4 cm³/mol. The fraction of sp³-hybridized carbons (Fsp3) is 0.909. The minimum atomic E-state index is 0.197. The van der Waals surface area contributed by atoms with E-state index in [-0.39, 0.29) is 6.03 Å². The van der Waals surface area contributed by atoms with Gasteiger partial charge in [0.1, 0.15) is 0 Å². The molecule has 0 aromatic rings. The monoisotopic (exact) mass is 276 g/mol. The molecule has 0 aromatic carbocycles. The quantitative estimate of drug-likeness (QED) is 0.727. The Morgan fingerprint density at radius 3 is 2.93 bits per heavy atom. The van der Waals surface area contributed by atoms with E-state index in [4.69, 9.17) is 0 Å². The largest absolute Gasteiger partial charge is 0.328 e. The van der Waals surface area contributed by atoms with Gasteiger partial charge in [-0.15, -0.1) is 0 Å². The molecule has 1 aliphatic heterocycles. The average Bonchev–Trinajstić information content (AvgIpc) is 2.24. The van der Waals surface area contributed by atoms with Crippen LogP contribution in [0.4, 0.5) is 4.79 Å². The third kappa shape index (κ3) is 4.01. The number of hydrogen-bond acceptors (Lipinski definition) is 1. The van der Waals surface area contributed by atoms with Gasteiger partial charge in [0.15, 0.2) is 0 Å². The van der Waals surface area contributed by atoms with E-state index in [2.05, 4.69) is 22.9 Å². The van der Waals surface area contributed by atoms with Crippen LogP contribution in [0.3, 0.4) is 0 Å². The Balaban J connectivity index is 2.37. The number of halogens is 1. The van der Waals surface area contributed by atoms with Crippen LogP contribution in [0.2, 0.25) is 0 Å². The maximum atomic E-state index is 12.0. The molecule has 2 amide bonds. The van der Waals surface area contributed by atoms with Crippen LogP contribution in [-0.4, -0.2) is 47.8 Å².